The third-order valence-corrected chi connectivity index (χ3v) is 3.76. The van der Waals surface area contributed by atoms with E-state index in [9.17, 15) is 4.39 Å². The van der Waals surface area contributed by atoms with Crippen molar-refractivity contribution in [1.29, 1.82) is 5.26 Å². The number of nitriles is 1. The molecule has 2 rings (SSSR count). The molecule has 0 aliphatic rings. The highest BCUT2D eigenvalue weighted by Crippen LogP contribution is 2.27. The molecule has 144 valence electrons. The lowest BCUT2D eigenvalue weighted by molar-refractivity contribution is 0.354. The highest BCUT2D eigenvalue weighted by molar-refractivity contribution is 14.0. The number of methoxy groups -OCH3 is 2. The molecule has 2 aromatic rings. The van der Waals surface area contributed by atoms with E-state index in [4.69, 9.17) is 20.5 Å². The summed E-state index contributed by atoms with van der Waals surface area (Å²) in [5, 5.41) is 11.8. The van der Waals surface area contributed by atoms with Crippen LogP contribution in [0.2, 0.25) is 0 Å². The minimum Gasteiger partial charge on any atom is -0.493 e. The SMILES string of the molecule is COc1ccc(CCNC(N)=NCc2cc(C#N)ccc2F)cc1OC.I. The topological polar surface area (TPSA) is 92.7 Å². The van der Waals surface area contributed by atoms with Gasteiger partial charge in [0.1, 0.15) is 5.82 Å². The largest absolute Gasteiger partial charge is 0.493 e. The first-order valence-corrected chi connectivity index (χ1v) is 8.00. The number of hydrogen-bond acceptors (Lipinski definition) is 4. The van der Waals surface area contributed by atoms with Crippen molar-refractivity contribution < 1.29 is 13.9 Å². The van der Waals surface area contributed by atoms with Crippen LogP contribution in [0.25, 0.3) is 0 Å². The first-order valence-electron chi connectivity index (χ1n) is 8.00. The number of nitrogens with two attached hydrogens (primary N) is 1. The molecule has 0 bridgehead atoms. The lowest BCUT2D eigenvalue weighted by Gasteiger charge is -2.10. The molecule has 0 fully saturated rings. The van der Waals surface area contributed by atoms with E-state index < -0.39 is 5.82 Å². The number of nitrogens with zero attached hydrogens (tertiary/aromatic N) is 2. The van der Waals surface area contributed by atoms with E-state index in [-0.39, 0.29) is 36.5 Å². The molecule has 8 heteroatoms. The van der Waals surface area contributed by atoms with E-state index in [0.717, 1.165) is 5.56 Å². The van der Waals surface area contributed by atoms with Gasteiger partial charge < -0.3 is 20.5 Å². The van der Waals surface area contributed by atoms with Gasteiger partial charge in [-0.15, -0.1) is 24.0 Å². The van der Waals surface area contributed by atoms with E-state index >= 15 is 0 Å². The highest BCUT2D eigenvalue weighted by atomic mass is 127. The molecule has 27 heavy (non-hydrogen) atoms. The second kappa shape index (κ2) is 11.2. The summed E-state index contributed by atoms with van der Waals surface area (Å²) in [7, 11) is 3.18. The molecule has 0 heterocycles. The lowest BCUT2D eigenvalue weighted by atomic mass is 10.1. The van der Waals surface area contributed by atoms with Crippen LogP contribution in [0, 0.1) is 17.1 Å². The monoisotopic (exact) mass is 484 g/mol. The molecule has 0 radical (unpaired) electrons. The van der Waals surface area contributed by atoms with Gasteiger partial charge in [-0.1, -0.05) is 6.07 Å². The summed E-state index contributed by atoms with van der Waals surface area (Å²) in [4.78, 5) is 4.11. The predicted molar refractivity (Wildman–Crippen MR) is 113 cm³/mol. The first-order chi connectivity index (χ1) is 12.6. The number of ether oxygens (including phenoxy) is 2. The summed E-state index contributed by atoms with van der Waals surface area (Å²) in [5.74, 6) is 1.14. The molecule has 0 spiro atoms. The molecular weight excluding hydrogens is 462 g/mol. The van der Waals surface area contributed by atoms with Crippen LogP contribution >= 0.6 is 24.0 Å². The molecule has 0 aliphatic carbocycles. The summed E-state index contributed by atoms with van der Waals surface area (Å²) in [5.41, 5.74) is 7.58. The van der Waals surface area contributed by atoms with Crippen molar-refractivity contribution in [1.82, 2.24) is 5.32 Å². The standard InChI is InChI=1S/C19H21FN4O2.HI/c1-25-17-6-4-13(10-18(17)26-2)7-8-23-19(22)24-12-15-9-14(11-21)3-5-16(15)20;/h3-6,9-10H,7-8,12H2,1-2H3,(H3,22,23,24);1H. The average Bonchev–Trinajstić information content (AvgIpc) is 2.67. The molecule has 0 unspecified atom stereocenters. The summed E-state index contributed by atoms with van der Waals surface area (Å²) in [6.07, 6.45) is 0.703. The maximum absolute atomic E-state index is 13.7. The number of nitrogens with one attached hydrogen (secondary N) is 1. The van der Waals surface area contributed by atoms with Gasteiger partial charge in [0.25, 0.3) is 0 Å². The summed E-state index contributed by atoms with van der Waals surface area (Å²) >= 11 is 0. The van der Waals surface area contributed by atoms with E-state index in [0.29, 0.717) is 35.6 Å². The van der Waals surface area contributed by atoms with Gasteiger partial charge >= 0.3 is 0 Å². The van der Waals surface area contributed by atoms with Gasteiger partial charge in [-0.25, -0.2) is 9.38 Å². The Labute approximate surface area is 175 Å². The number of hydrogen-bond donors (Lipinski definition) is 2. The van der Waals surface area contributed by atoms with E-state index in [1.54, 1.807) is 14.2 Å². The quantitative estimate of drug-likeness (QED) is 0.358. The van der Waals surface area contributed by atoms with Gasteiger partial charge in [0.05, 0.1) is 32.4 Å². The zero-order chi connectivity index (χ0) is 18.9. The maximum atomic E-state index is 13.7. The minimum atomic E-state index is -0.411. The molecule has 0 atom stereocenters. The molecule has 0 saturated carbocycles. The normalized spacial score (nSPS) is 10.5. The van der Waals surface area contributed by atoms with E-state index in [1.165, 1.54) is 18.2 Å². The Kier molecular flexibility index (Phi) is 9.36. The molecule has 0 saturated heterocycles. The second-order valence-electron chi connectivity index (χ2n) is 5.49. The first kappa shape index (κ1) is 22.5. The number of guanidine groups is 1. The van der Waals surface area contributed by atoms with Crippen molar-refractivity contribution in [2.75, 3.05) is 20.8 Å². The van der Waals surface area contributed by atoms with Crippen molar-refractivity contribution in [3.8, 4) is 17.6 Å². The van der Waals surface area contributed by atoms with Crippen LogP contribution < -0.4 is 20.5 Å². The van der Waals surface area contributed by atoms with E-state index in [2.05, 4.69) is 10.3 Å². The zero-order valence-electron chi connectivity index (χ0n) is 15.2. The van der Waals surface area contributed by atoms with Crippen molar-refractivity contribution in [2.45, 2.75) is 13.0 Å². The van der Waals surface area contributed by atoms with Gasteiger partial charge in [0, 0.05) is 12.1 Å². The van der Waals surface area contributed by atoms with Crippen molar-refractivity contribution in [3.63, 3.8) is 0 Å². The lowest BCUT2D eigenvalue weighted by Crippen LogP contribution is -2.33. The smallest absolute Gasteiger partial charge is 0.188 e. The molecule has 0 aliphatic heterocycles. The molecule has 3 N–H and O–H groups in total. The van der Waals surface area contributed by atoms with Gasteiger partial charge in [-0.05, 0) is 42.3 Å². The van der Waals surface area contributed by atoms with E-state index in [1.807, 2.05) is 24.3 Å². The van der Waals surface area contributed by atoms with Gasteiger partial charge in [-0.3, -0.25) is 0 Å². The van der Waals surface area contributed by atoms with Crippen molar-refractivity contribution in [3.05, 3.63) is 58.9 Å². The van der Waals surface area contributed by atoms with Crippen LogP contribution in [0.15, 0.2) is 41.4 Å². The molecule has 0 amide bonds. The Hall–Kier alpha value is -2.54. The maximum Gasteiger partial charge on any atom is 0.188 e. The number of halogens is 2. The Morgan fingerprint density at radius 1 is 1.19 bits per heavy atom. The Balaban J connectivity index is 0.00000364. The van der Waals surface area contributed by atoms with Crippen LogP contribution in [0.4, 0.5) is 4.39 Å². The molecule has 6 nitrogen and oxygen atoms in total. The molecule has 2 aromatic carbocycles. The third-order valence-electron chi connectivity index (χ3n) is 3.76. The number of benzene rings is 2. The van der Waals surface area contributed by atoms with Gasteiger partial charge in [0.2, 0.25) is 0 Å². The van der Waals surface area contributed by atoms with Crippen LogP contribution in [0.1, 0.15) is 16.7 Å². The summed E-state index contributed by atoms with van der Waals surface area (Å²) in [6, 6.07) is 11.8. The molecular formula is C19H22FIN4O2. The van der Waals surface area contributed by atoms with Crippen molar-refractivity contribution >= 4 is 29.9 Å². The Morgan fingerprint density at radius 2 is 1.93 bits per heavy atom. The molecule has 0 aromatic heterocycles. The van der Waals surface area contributed by atoms with Crippen LogP contribution in [-0.4, -0.2) is 26.7 Å². The fourth-order valence-electron chi connectivity index (χ4n) is 2.36. The number of rotatable bonds is 7. The average molecular weight is 484 g/mol. The fraction of sp³-hybridized carbons (Fsp3) is 0.263. The Morgan fingerprint density at radius 3 is 2.59 bits per heavy atom. The Bertz CT molecular complexity index is 837. The third kappa shape index (κ3) is 6.60. The minimum absolute atomic E-state index is 0. The fourth-order valence-corrected chi connectivity index (χ4v) is 2.36. The highest BCUT2D eigenvalue weighted by Gasteiger charge is 2.05. The van der Waals surface area contributed by atoms with Gasteiger partial charge in [-0.2, -0.15) is 5.26 Å². The zero-order valence-corrected chi connectivity index (χ0v) is 17.5. The van der Waals surface area contributed by atoms with Gasteiger partial charge in [0.15, 0.2) is 17.5 Å². The summed E-state index contributed by atoms with van der Waals surface area (Å²) < 4.78 is 24.2. The number of aliphatic imine (C=N–C) groups is 1. The van der Waals surface area contributed by atoms with Crippen LogP contribution in [-0.2, 0) is 13.0 Å². The summed E-state index contributed by atoms with van der Waals surface area (Å²) in [6.45, 7) is 0.627. The van der Waals surface area contributed by atoms with Crippen LogP contribution in [0.5, 0.6) is 11.5 Å². The van der Waals surface area contributed by atoms with Crippen LogP contribution in [0.3, 0.4) is 0 Å². The van der Waals surface area contributed by atoms with Crippen molar-refractivity contribution in [2.24, 2.45) is 10.7 Å². The predicted octanol–water partition coefficient (Wildman–Crippen LogP) is 2.98. The second-order valence-corrected chi connectivity index (χ2v) is 5.49.